The van der Waals surface area contributed by atoms with Crippen molar-refractivity contribution in [1.82, 2.24) is 4.72 Å². The van der Waals surface area contributed by atoms with Gasteiger partial charge in [-0.3, -0.25) is 4.79 Å². The highest BCUT2D eigenvalue weighted by molar-refractivity contribution is 9.08. The van der Waals surface area contributed by atoms with E-state index in [-0.39, 0.29) is 16.3 Å². The first-order valence-electron chi connectivity index (χ1n) is 6.28. The average molecular weight is 433 g/mol. The lowest BCUT2D eigenvalue weighted by atomic mass is 10.0. The number of hydrogen-bond donors (Lipinski definition) is 1. The van der Waals surface area contributed by atoms with Crippen molar-refractivity contribution < 1.29 is 17.9 Å². The number of esters is 1. The van der Waals surface area contributed by atoms with Crippen molar-refractivity contribution in [3.05, 3.63) is 27.7 Å². The Hall–Kier alpha value is -0.340. The monoisotopic (exact) mass is 431 g/mol. The summed E-state index contributed by atoms with van der Waals surface area (Å²) in [6, 6.07) is 2.74. The molecular formula is C13H16BrCl2NO4S. The van der Waals surface area contributed by atoms with Gasteiger partial charge in [-0.05, 0) is 25.5 Å². The first kappa shape index (κ1) is 19.7. The topological polar surface area (TPSA) is 72.5 Å². The van der Waals surface area contributed by atoms with E-state index in [1.165, 1.54) is 26.2 Å². The third kappa shape index (κ3) is 3.94. The quantitative estimate of drug-likeness (QED) is 0.551. The number of hydrogen-bond acceptors (Lipinski definition) is 4. The van der Waals surface area contributed by atoms with E-state index in [4.69, 9.17) is 23.2 Å². The molecule has 0 saturated carbocycles. The van der Waals surface area contributed by atoms with Crippen LogP contribution in [0, 0.1) is 0 Å². The first-order valence-corrected chi connectivity index (χ1v) is 9.64. The largest absolute Gasteiger partial charge is 0.468 e. The second-order valence-electron chi connectivity index (χ2n) is 4.75. The molecule has 1 atom stereocenters. The van der Waals surface area contributed by atoms with Crippen molar-refractivity contribution in [3.63, 3.8) is 0 Å². The van der Waals surface area contributed by atoms with Crippen LogP contribution in [0.25, 0.3) is 0 Å². The Morgan fingerprint density at radius 1 is 1.41 bits per heavy atom. The van der Waals surface area contributed by atoms with Crippen LogP contribution in [0.1, 0.15) is 25.8 Å². The molecule has 0 fully saturated rings. The minimum absolute atomic E-state index is 0.0141. The maximum Gasteiger partial charge on any atom is 0.326 e. The fraction of sp³-hybridized carbons (Fsp3) is 0.462. The van der Waals surface area contributed by atoms with Gasteiger partial charge in [0.2, 0.25) is 10.0 Å². The molecule has 0 unspecified atom stereocenters. The molecule has 0 aliphatic heterocycles. The van der Waals surface area contributed by atoms with E-state index in [1.54, 1.807) is 6.92 Å². The highest BCUT2D eigenvalue weighted by Crippen LogP contribution is 2.33. The van der Waals surface area contributed by atoms with Crippen LogP contribution < -0.4 is 4.72 Å². The van der Waals surface area contributed by atoms with Crippen LogP contribution >= 0.6 is 39.1 Å². The van der Waals surface area contributed by atoms with Gasteiger partial charge in [-0.25, -0.2) is 8.42 Å². The number of ether oxygens (including phenoxy) is 1. The minimum Gasteiger partial charge on any atom is -0.468 e. The summed E-state index contributed by atoms with van der Waals surface area (Å²) < 4.78 is 32.1. The van der Waals surface area contributed by atoms with Gasteiger partial charge in [-0.1, -0.05) is 46.1 Å². The number of methoxy groups -OCH3 is 1. The number of rotatable bonds is 6. The molecule has 0 spiro atoms. The molecule has 1 aromatic rings. The standard InChI is InChI=1S/C13H16BrCl2NO4S/c1-4-13(2,12(18)21-3)17-22(19,20)10-6-5-9(15)8(7-14)11(10)16/h5-6,17H,4,7H2,1-3H3/t13-/m1/s1. The lowest BCUT2D eigenvalue weighted by molar-refractivity contribution is -0.147. The van der Waals surface area contributed by atoms with Crippen LogP contribution in [-0.4, -0.2) is 27.0 Å². The number of carbonyl (C=O) groups is 1. The van der Waals surface area contributed by atoms with E-state index in [9.17, 15) is 13.2 Å². The summed E-state index contributed by atoms with van der Waals surface area (Å²) in [5.41, 5.74) is -0.923. The van der Waals surface area contributed by atoms with Crippen molar-refractivity contribution >= 4 is 55.1 Å². The summed E-state index contributed by atoms with van der Waals surface area (Å²) in [7, 11) is -2.83. The fourth-order valence-corrected chi connectivity index (χ4v) is 4.99. The molecule has 0 heterocycles. The number of sulfonamides is 1. The fourth-order valence-electron chi connectivity index (χ4n) is 1.74. The zero-order valence-corrected chi connectivity index (χ0v) is 16.2. The Balaban J connectivity index is 3.34. The molecule has 22 heavy (non-hydrogen) atoms. The maximum atomic E-state index is 12.6. The van der Waals surface area contributed by atoms with E-state index in [0.717, 1.165) is 0 Å². The Morgan fingerprint density at radius 2 is 2.00 bits per heavy atom. The van der Waals surface area contributed by atoms with Crippen molar-refractivity contribution in [3.8, 4) is 0 Å². The Morgan fingerprint density at radius 3 is 2.45 bits per heavy atom. The third-order valence-electron chi connectivity index (χ3n) is 3.28. The van der Waals surface area contributed by atoms with Crippen molar-refractivity contribution in [1.29, 1.82) is 0 Å². The predicted molar refractivity (Wildman–Crippen MR) is 90.1 cm³/mol. The molecule has 0 aliphatic rings. The van der Waals surface area contributed by atoms with Gasteiger partial charge in [0.05, 0.1) is 12.1 Å². The average Bonchev–Trinajstić information content (AvgIpc) is 2.45. The lowest BCUT2D eigenvalue weighted by Crippen LogP contribution is -2.52. The van der Waals surface area contributed by atoms with E-state index < -0.39 is 21.5 Å². The first-order chi connectivity index (χ1) is 10.1. The van der Waals surface area contributed by atoms with Gasteiger partial charge < -0.3 is 4.74 Å². The Kier molecular flexibility index (Phi) is 6.71. The van der Waals surface area contributed by atoms with E-state index in [1.807, 2.05) is 0 Å². The summed E-state index contributed by atoms with van der Waals surface area (Å²) >= 11 is 15.3. The highest BCUT2D eigenvalue weighted by atomic mass is 79.9. The molecule has 0 radical (unpaired) electrons. The number of alkyl halides is 1. The SMILES string of the molecule is CC[C@@](C)(NS(=O)(=O)c1ccc(Cl)c(CBr)c1Cl)C(=O)OC. The number of carbonyl (C=O) groups excluding carboxylic acids is 1. The van der Waals surface area contributed by atoms with E-state index in [0.29, 0.717) is 15.9 Å². The normalized spacial score (nSPS) is 14.5. The number of benzene rings is 1. The van der Waals surface area contributed by atoms with Gasteiger partial charge in [0.15, 0.2) is 0 Å². The van der Waals surface area contributed by atoms with Crippen molar-refractivity contribution in [2.24, 2.45) is 0 Å². The summed E-state index contributed by atoms with van der Waals surface area (Å²) in [4.78, 5) is 11.7. The molecular weight excluding hydrogens is 417 g/mol. The molecule has 0 amide bonds. The zero-order chi connectivity index (χ0) is 17.1. The molecule has 1 rings (SSSR count). The van der Waals surface area contributed by atoms with Crippen molar-refractivity contribution in [2.75, 3.05) is 7.11 Å². The van der Waals surface area contributed by atoms with Gasteiger partial charge in [-0.15, -0.1) is 0 Å². The molecule has 124 valence electrons. The van der Waals surface area contributed by atoms with Gasteiger partial charge in [0.25, 0.3) is 0 Å². The predicted octanol–water partition coefficient (Wildman–Crippen LogP) is 3.51. The molecule has 5 nitrogen and oxygen atoms in total. The zero-order valence-electron chi connectivity index (χ0n) is 12.2. The molecule has 0 bridgehead atoms. The summed E-state index contributed by atoms with van der Waals surface area (Å²) in [5.74, 6) is -0.677. The second kappa shape index (κ2) is 7.49. The van der Waals surface area contributed by atoms with Crippen LogP contribution in [0.5, 0.6) is 0 Å². The highest BCUT2D eigenvalue weighted by Gasteiger charge is 2.38. The smallest absolute Gasteiger partial charge is 0.326 e. The van der Waals surface area contributed by atoms with Crippen LogP contribution in [0.3, 0.4) is 0 Å². The van der Waals surface area contributed by atoms with Gasteiger partial charge >= 0.3 is 5.97 Å². The minimum atomic E-state index is -4.03. The Bertz CT molecular complexity index is 681. The van der Waals surface area contributed by atoms with Crippen LogP contribution in [0.2, 0.25) is 10.0 Å². The van der Waals surface area contributed by atoms with E-state index >= 15 is 0 Å². The van der Waals surface area contributed by atoms with Crippen LogP contribution in [0.15, 0.2) is 17.0 Å². The molecule has 0 aliphatic carbocycles. The second-order valence-corrected chi connectivity index (χ2v) is 7.75. The Labute approximate surface area is 148 Å². The summed E-state index contributed by atoms with van der Waals surface area (Å²) in [5, 5.41) is 0.669. The van der Waals surface area contributed by atoms with Gasteiger partial charge in [-0.2, -0.15) is 4.72 Å². The van der Waals surface area contributed by atoms with Gasteiger partial charge in [0.1, 0.15) is 10.4 Å². The van der Waals surface area contributed by atoms with Crippen LogP contribution in [0.4, 0.5) is 0 Å². The maximum absolute atomic E-state index is 12.6. The van der Waals surface area contributed by atoms with E-state index in [2.05, 4.69) is 25.4 Å². The molecule has 0 saturated heterocycles. The lowest BCUT2D eigenvalue weighted by Gasteiger charge is -2.26. The molecule has 0 aromatic heterocycles. The van der Waals surface area contributed by atoms with Crippen molar-refractivity contribution in [2.45, 2.75) is 36.0 Å². The van der Waals surface area contributed by atoms with Crippen LogP contribution in [-0.2, 0) is 24.9 Å². The van der Waals surface area contributed by atoms with Gasteiger partial charge in [0, 0.05) is 15.9 Å². The molecule has 9 heteroatoms. The number of halogens is 3. The summed E-state index contributed by atoms with van der Waals surface area (Å²) in [6.45, 7) is 3.12. The molecule has 1 aromatic carbocycles. The summed E-state index contributed by atoms with van der Waals surface area (Å²) in [6.07, 6.45) is 0.218. The third-order valence-corrected chi connectivity index (χ3v) is 6.37. The molecule has 1 N–H and O–H groups in total. The number of nitrogens with one attached hydrogen (secondary N) is 1.